The average Bonchev–Trinajstić information content (AvgIpc) is 2.42. The van der Waals surface area contributed by atoms with Gasteiger partial charge < -0.3 is 15.2 Å². The monoisotopic (exact) mass is 314 g/mol. The van der Waals surface area contributed by atoms with Crippen molar-refractivity contribution >= 4 is 29.3 Å². The van der Waals surface area contributed by atoms with Gasteiger partial charge in [-0.3, -0.25) is 14.9 Å². The SMILES string of the molecule is COc1ccc([N+](=O)[O-])c(SC[C@H](NC(C)=O)C(=O)O)c1. The summed E-state index contributed by atoms with van der Waals surface area (Å²) in [5.74, 6) is -1.30. The number of nitro benzene ring substituents is 1. The number of nitrogens with zero attached hydrogens (tertiary/aromatic N) is 1. The molecule has 1 amide bonds. The molecule has 1 aromatic rings. The van der Waals surface area contributed by atoms with E-state index < -0.39 is 22.8 Å². The number of nitro groups is 1. The second-order valence-electron chi connectivity index (χ2n) is 3.99. The largest absolute Gasteiger partial charge is 0.497 e. The van der Waals surface area contributed by atoms with Crippen LogP contribution in [0.3, 0.4) is 0 Å². The third-order valence-corrected chi connectivity index (χ3v) is 3.58. The van der Waals surface area contributed by atoms with Crippen molar-refractivity contribution in [3.05, 3.63) is 28.3 Å². The zero-order chi connectivity index (χ0) is 16.0. The Morgan fingerprint density at radius 1 is 1.52 bits per heavy atom. The molecule has 0 aromatic heterocycles. The van der Waals surface area contributed by atoms with Gasteiger partial charge in [-0.15, -0.1) is 11.8 Å². The van der Waals surface area contributed by atoms with Gasteiger partial charge in [-0.25, -0.2) is 4.79 Å². The molecule has 8 nitrogen and oxygen atoms in total. The van der Waals surface area contributed by atoms with Crippen LogP contribution in [0, 0.1) is 10.1 Å². The second-order valence-corrected chi connectivity index (χ2v) is 5.05. The van der Waals surface area contributed by atoms with Crippen LogP contribution in [0.1, 0.15) is 6.92 Å². The van der Waals surface area contributed by atoms with Gasteiger partial charge in [-0.2, -0.15) is 0 Å². The summed E-state index contributed by atoms with van der Waals surface area (Å²) in [6.45, 7) is 1.20. The third-order valence-electron chi connectivity index (χ3n) is 2.44. The zero-order valence-corrected chi connectivity index (χ0v) is 12.2. The van der Waals surface area contributed by atoms with Gasteiger partial charge >= 0.3 is 5.97 Å². The molecule has 0 aliphatic carbocycles. The molecule has 0 saturated carbocycles. The van der Waals surface area contributed by atoms with Crippen LogP contribution in [0.25, 0.3) is 0 Å². The molecular formula is C12H14N2O6S. The Kier molecular flexibility index (Phi) is 5.97. The zero-order valence-electron chi connectivity index (χ0n) is 11.4. The Morgan fingerprint density at radius 3 is 2.67 bits per heavy atom. The fraction of sp³-hybridized carbons (Fsp3) is 0.333. The van der Waals surface area contributed by atoms with Gasteiger partial charge in [0.1, 0.15) is 11.8 Å². The van der Waals surface area contributed by atoms with Gasteiger partial charge in [-0.1, -0.05) is 0 Å². The summed E-state index contributed by atoms with van der Waals surface area (Å²) >= 11 is 0.966. The van der Waals surface area contributed by atoms with E-state index in [0.717, 1.165) is 11.8 Å². The maximum atomic E-state index is 11.0. The van der Waals surface area contributed by atoms with Crippen molar-refractivity contribution in [3.8, 4) is 5.75 Å². The van der Waals surface area contributed by atoms with E-state index in [-0.39, 0.29) is 16.3 Å². The number of carboxylic acids is 1. The van der Waals surface area contributed by atoms with E-state index in [9.17, 15) is 19.7 Å². The lowest BCUT2D eigenvalue weighted by molar-refractivity contribution is -0.387. The number of hydrogen-bond donors (Lipinski definition) is 2. The molecule has 1 rings (SSSR count). The van der Waals surface area contributed by atoms with Crippen molar-refractivity contribution in [3.63, 3.8) is 0 Å². The molecule has 114 valence electrons. The van der Waals surface area contributed by atoms with Crippen LogP contribution in [0.15, 0.2) is 23.1 Å². The lowest BCUT2D eigenvalue weighted by Gasteiger charge is -2.13. The molecule has 21 heavy (non-hydrogen) atoms. The Balaban J connectivity index is 2.92. The van der Waals surface area contributed by atoms with E-state index in [4.69, 9.17) is 9.84 Å². The van der Waals surface area contributed by atoms with Gasteiger partial charge in [0, 0.05) is 24.8 Å². The molecule has 0 unspecified atom stereocenters. The van der Waals surface area contributed by atoms with Gasteiger partial charge in [0.2, 0.25) is 5.91 Å². The van der Waals surface area contributed by atoms with Crippen molar-refractivity contribution in [2.45, 2.75) is 17.9 Å². The first-order valence-electron chi connectivity index (χ1n) is 5.80. The number of ether oxygens (including phenoxy) is 1. The number of thioether (sulfide) groups is 1. The molecule has 0 radical (unpaired) electrons. The molecule has 0 heterocycles. The summed E-state index contributed by atoms with van der Waals surface area (Å²) in [6, 6.07) is 3.06. The van der Waals surface area contributed by atoms with E-state index in [1.54, 1.807) is 0 Å². The molecule has 0 aliphatic rings. The normalized spacial score (nSPS) is 11.5. The fourth-order valence-electron chi connectivity index (χ4n) is 1.48. The smallest absolute Gasteiger partial charge is 0.327 e. The van der Waals surface area contributed by atoms with E-state index in [1.807, 2.05) is 0 Å². The van der Waals surface area contributed by atoms with Crippen molar-refractivity contribution in [2.24, 2.45) is 0 Å². The minimum absolute atomic E-state index is 0.0388. The first kappa shape index (κ1) is 16.8. The summed E-state index contributed by atoms with van der Waals surface area (Å²) in [5.41, 5.74) is -0.146. The van der Waals surface area contributed by atoms with Crippen LogP contribution in [-0.4, -0.2) is 40.8 Å². The van der Waals surface area contributed by atoms with Gasteiger partial charge in [0.05, 0.1) is 16.9 Å². The van der Waals surface area contributed by atoms with E-state index in [0.29, 0.717) is 5.75 Å². The lowest BCUT2D eigenvalue weighted by Crippen LogP contribution is -2.41. The molecule has 0 fully saturated rings. The maximum absolute atomic E-state index is 11.0. The first-order chi connectivity index (χ1) is 9.85. The number of aliphatic carboxylic acids is 1. The van der Waals surface area contributed by atoms with Crippen LogP contribution >= 0.6 is 11.8 Å². The molecule has 2 N–H and O–H groups in total. The Labute approximate surface area is 124 Å². The highest BCUT2D eigenvalue weighted by atomic mass is 32.2. The average molecular weight is 314 g/mol. The topological polar surface area (TPSA) is 119 Å². The predicted molar refractivity (Wildman–Crippen MR) is 75.6 cm³/mol. The maximum Gasteiger partial charge on any atom is 0.327 e. The minimum atomic E-state index is -1.21. The molecule has 1 atom stereocenters. The van der Waals surface area contributed by atoms with E-state index in [1.165, 1.54) is 32.2 Å². The van der Waals surface area contributed by atoms with Crippen molar-refractivity contribution in [1.29, 1.82) is 0 Å². The highest BCUT2D eigenvalue weighted by molar-refractivity contribution is 7.99. The molecule has 0 aliphatic heterocycles. The number of rotatable bonds is 7. The molecule has 0 bridgehead atoms. The number of hydrogen-bond acceptors (Lipinski definition) is 6. The Hall–Kier alpha value is -2.29. The molecule has 0 spiro atoms. The number of carbonyl (C=O) groups is 2. The van der Waals surface area contributed by atoms with Crippen LogP contribution in [0.4, 0.5) is 5.69 Å². The van der Waals surface area contributed by atoms with E-state index >= 15 is 0 Å². The van der Waals surface area contributed by atoms with Crippen molar-refractivity contribution in [2.75, 3.05) is 12.9 Å². The number of carboxylic acid groups (broad SMARTS) is 1. The van der Waals surface area contributed by atoms with E-state index in [2.05, 4.69) is 5.32 Å². The minimum Gasteiger partial charge on any atom is -0.497 e. The van der Waals surface area contributed by atoms with Gasteiger partial charge in [0.25, 0.3) is 5.69 Å². The fourth-order valence-corrected chi connectivity index (χ4v) is 2.54. The van der Waals surface area contributed by atoms with Gasteiger partial charge in [-0.05, 0) is 6.07 Å². The standard InChI is InChI=1S/C12H14N2O6S/c1-7(15)13-9(12(16)17)6-21-11-5-8(20-2)3-4-10(11)14(18)19/h3-5,9H,6H2,1-2H3,(H,13,15)(H,16,17)/t9-/m0/s1. The molecule has 1 aromatic carbocycles. The quantitative estimate of drug-likeness (QED) is 0.442. The number of carbonyl (C=O) groups excluding carboxylic acids is 1. The number of nitrogens with one attached hydrogen (secondary N) is 1. The summed E-state index contributed by atoms with van der Waals surface area (Å²) in [6.07, 6.45) is 0. The summed E-state index contributed by atoms with van der Waals surface area (Å²) < 4.78 is 4.99. The number of methoxy groups -OCH3 is 1. The number of amides is 1. The summed E-state index contributed by atoms with van der Waals surface area (Å²) in [5, 5.41) is 22.2. The highest BCUT2D eigenvalue weighted by Gasteiger charge is 2.22. The van der Waals surface area contributed by atoms with Crippen molar-refractivity contribution in [1.82, 2.24) is 5.32 Å². The molecule has 9 heteroatoms. The predicted octanol–water partition coefficient (Wildman–Crippen LogP) is 1.28. The highest BCUT2D eigenvalue weighted by Crippen LogP contribution is 2.32. The van der Waals surface area contributed by atoms with Crippen LogP contribution in [-0.2, 0) is 9.59 Å². The number of benzene rings is 1. The third kappa shape index (κ3) is 4.95. The summed E-state index contributed by atoms with van der Waals surface area (Å²) in [4.78, 5) is 32.6. The van der Waals surface area contributed by atoms with Gasteiger partial charge in [0.15, 0.2) is 0 Å². The molecular weight excluding hydrogens is 300 g/mol. The Morgan fingerprint density at radius 2 is 2.19 bits per heavy atom. The van der Waals surface area contributed by atoms with Crippen LogP contribution < -0.4 is 10.1 Å². The second kappa shape index (κ2) is 7.48. The lowest BCUT2D eigenvalue weighted by atomic mass is 10.3. The Bertz CT molecular complexity index is 563. The van der Waals surface area contributed by atoms with Crippen molar-refractivity contribution < 1.29 is 24.4 Å². The first-order valence-corrected chi connectivity index (χ1v) is 6.79. The molecule has 0 saturated heterocycles. The van der Waals surface area contributed by atoms with Crippen LogP contribution in [0.2, 0.25) is 0 Å². The summed E-state index contributed by atoms with van der Waals surface area (Å²) in [7, 11) is 1.42. The van der Waals surface area contributed by atoms with Crippen LogP contribution in [0.5, 0.6) is 5.75 Å².